The number of amides is 2. The monoisotopic (exact) mass is 606 g/mol. The fourth-order valence-electron chi connectivity index (χ4n) is 6.12. The third-order valence-electron chi connectivity index (χ3n) is 8.43. The molecule has 2 aliphatic heterocycles. The highest BCUT2D eigenvalue weighted by Crippen LogP contribution is 2.35. The molecule has 0 spiro atoms. The average Bonchev–Trinajstić information content (AvgIpc) is 3.44. The maximum Gasteiger partial charge on any atom is 0.235 e. The lowest BCUT2D eigenvalue weighted by Crippen LogP contribution is -2.40. The van der Waals surface area contributed by atoms with Crippen LogP contribution in [-0.2, 0) is 16.1 Å². The van der Waals surface area contributed by atoms with E-state index in [0.29, 0.717) is 29.1 Å². The van der Waals surface area contributed by atoms with Crippen LogP contribution in [0, 0.1) is 5.82 Å². The van der Waals surface area contributed by atoms with Gasteiger partial charge in [0.2, 0.25) is 11.8 Å². The highest BCUT2D eigenvalue weighted by Gasteiger charge is 2.31. The first kappa shape index (κ1) is 28.5. The van der Waals surface area contributed by atoms with Crippen LogP contribution in [0.2, 0.25) is 0 Å². The number of carbonyl (C=O) groups is 2. The molecule has 1 unspecified atom stereocenters. The minimum atomic E-state index is -0.750. The van der Waals surface area contributed by atoms with Gasteiger partial charge in [-0.05, 0) is 67.3 Å². The minimum absolute atomic E-state index is 0.0865. The molecule has 2 aromatic carbocycles. The maximum absolute atomic E-state index is 15.0. The van der Waals surface area contributed by atoms with Crippen LogP contribution >= 0.6 is 0 Å². The van der Waals surface area contributed by atoms with Crippen LogP contribution in [0.1, 0.15) is 48.9 Å². The van der Waals surface area contributed by atoms with E-state index in [1.165, 1.54) is 12.4 Å². The van der Waals surface area contributed by atoms with Gasteiger partial charge < -0.3 is 10.5 Å². The summed E-state index contributed by atoms with van der Waals surface area (Å²) in [6, 6.07) is 18.9. The van der Waals surface area contributed by atoms with Crippen LogP contribution in [0.3, 0.4) is 0 Å². The van der Waals surface area contributed by atoms with E-state index in [-0.39, 0.29) is 30.5 Å². The zero-order valence-corrected chi connectivity index (χ0v) is 24.4. The number of nitrogens with one attached hydrogen (secondary N) is 1. The van der Waals surface area contributed by atoms with Crippen molar-refractivity contribution in [3.05, 3.63) is 90.3 Å². The number of nitrogen functional groups attached to an aromatic ring is 1. The fraction of sp³-hybridized carbons (Fsp3) is 0.273. The number of ether oxygens (including phenoxy) is 1. The summed E-state index contributed by atoms with van der Waals surface area (Å²) >= 11 is 0. The van der Waals surface area contributed by atoms with Crippen molar-refractivity contribution in [3.8, 4) is 22.8 Å². The van der Waals surface area contributed by atoms with Crippen molar-refractivity contribution in [1.82, 2.24) is 34.9 Å². The molecule has 5 aromatic rings. The standard InChI is InChI=1S/C33H31FN8O3/c34-26-16-20(17-36-30(26)25-10-11-27(43)39-33(25)44)18-41-14-12-22(13-15-41)42-32-28(31(35)37-19-38-32)29(40-42)21-6-8-24(9-7-21)45-23-4-2-1-3-5-23/h1-9,16-17,19,22,25H,10-15,18H2,(H2,35,37,38)(H,39,43,44). The first-order valence-corrected chi connectivity index (χ1v) is 15.0. The van der Waals surface area contributed by atoms with E-state index < -0.39 is 17.6 Å². The first-order chi connectivity index (χ1) is 21.9. The van der Waals surface area contributed by atoms with Gasteiger partial charge in [-0.25, -0.2) is 19.0 Å². The van der Waals surface area contributed by atoms with E-state index in [1.54, 1.807) is 6.20 Å². The predicted octanol–water partition coefficient (Wildman–Crippen LogP) is 4.76. The Balaban J connectivity index is 1.05. The molecule has 0 bridgehead atoms. The Hall–Kier alpha value is -5.23. The number of fused-ring (bicyclic) bond motifs is 1. The summed E-state index contributed by atoms with van der Waals surface area (Å²) in [5, 5.41) is 7.99. The van der Waals surface area contributed by atoms with Crippen molar-refractivity contribution >= 4 is 28.7 Å². The van der Waals surface area contributed by atoms with Crippen molar-refractivity contribution in [3.63, 3.8) is 0 Å². The lowest BCUT2D eigenvalue weighted by atomic mass is 9.93. The number of benzene rings is 2. The van der Waals surface area contributed by atoms with Crippen molar-refractivity contribution < 1.29 is 18.7 Å². The quantitative estimate of drug-likeness (QED) is 0.251. The highest BCUT2D eigenvalue weighted by molar-refractivity contribution is 6.01. The third-order valence-corrected chi connectivity index (χ3v) is 8.43. The number of halogens is 1. The normalized spacial score (nSPS) is 17.8. The molecular formula is C33H31FN8O3. The molecule has 2 saturated heterocycles. The Labute approximate surface area is 258 Å². The number of imide groups is 1. The number of anilines is 1. The van der Waals surface area contributed by atoms with Crippen LogP contribution in [-0.4, -0.2) is 54.5 Å². The molecule has 228 valence electrons. The second-order valence-corrected chi connectivity index (χ2v) is 11.4. The molecular weight excluding hydrogens is 575 g/mol. The van der Waals surface area contributed by atoms with E-state index in [0.717, 1.165) is 48.5 Å². The maximum atomic E-state index is 15.0. The van der Waals surface area contributed by atoms with Gasteiger partial charge in [0.05, 0.1) is 23.0 Å². The molecule has 1 atom stereocenters. The number of nitrogens with zero attached hydrogens (tertiary/aromatic N) is 6. The van der Waals surface area contributed by atoms with Crippen LogP contribution in [0.4, 0.5) is 10.2 Å². The molecule has 45 heavy (non-hydrogen) atoms. The second-order valence-electron chi connectivity index (χ2n) is 11.4. The summed E-state index contributed by atoms with van der Waals surface area (Å²) in [6.07, 6.45) is 5.15. The topological polar surface area (TPSA) is 141 Å². The zero-order chi connectivity index (χ0) is 30.9. The van der Waals surface area contributed by atoms with Crippen LogP contribution in [0.25, 0.3) is 22.3 Å². The molecule has 0 saturated carbocycles. The van der Waals surface area contributed by atoms with Crippen LogP contribution in [0.15, 0.2) is 73.2 Å². The van der Waals surface area contributed by atoms with Gasteiger partial charge in [0.15, 0.2) is 5.65 Å². The second kappa shape index (κ2) is 12.0. The number of aromatic nitrogens is 5. The Morgan fingerprint density at radius 1 is 0.956 bits per heavy atom. The minimum Gasteiger partial charge on any atom is -0.457 e. The Morgan fingerprint density at radius 3 is 2.44 bits per heavy atom. The van der Waals surface area contributed by atoms with E-state index >= 15 is 0 Å². The lowest BCUT2D eigenvalue weighted by molar-refractivity contribution is -0.134. The van der Waals surface area contributed by atoms with Crippen molar-refractivity contribution in [1.29, 1.82) is 0 Å². The largest absolute Gasteiger partial charge is 0.457 e. The van der Waals surface area contributed by atoms with Crippen molar-refractivity contribution in [2.75, 3.05) is 18.8 Å². The number of para-hydroxylation sites is 1. The average molecular weight is 607 g/mol. The number of hydrogen-bond acceptors (Lipinski definition) is 9. The van der Waals surface area contributed by atoms with E-state index in [2.05, 4.69) is 25.2 Å². The number of pyridine rings is 1. The Bertz CT molecular complexity index is 1870. The molecule has 5 heterocycles. The number of carbonyl (C=O) groups excluding carboxylic acids is 2. The predicted molar refractivity (Wildman–Crippen MR) is 165 cm³/mol. The van der Waals surface area contributed by atoms with Crippen LogP contribution in [0.5, 0.6) is 11.5 Å². The number of rotatable bonds is 7. The summed E-state index contributed by atoms with van der Waals surface area (Å²) in [4.78, 5) is 39.0. The van der Waals surface area contributed by atoms with Gasteiger partial charge in [0.25, 0.3) is 0 Å². The van der Waals surface area contributed by atoms with E-state index in [1.807, 2.05) is 59.3 Å². The fourth-order valence-corrected chi connectivity index (χ4v) is 6.12. The molecule has 3 aromatic heterocycles. The van der Waals surface area contributed by atoms with Crippen molar-refractivity contribution in [2.45, 2.75) is 44.2 Å². The van der Waals surface area contributed by atoms with Crippen LogP contribution < -0.4 is 15.8 Å². The van der Waals surface area contributed by atoms with E-state index in [4.69, 9.17) is 15.6 Å². The smallest absolute Gasteiger partial charge is 0.235 e. The molecule has 2 amide bonds. The summed E-state index contributed by atoms with van der Waals surface area (Å²) in [5.41, 5.74) is 9.46. The molecule has 0 radical (unpaired) electrons. The van der Waals surface area contributed by atoms with Gasteiger partial charge in [-0.2, -0.15) is 5.10 Å². The van der Waals surface area contributed by atoms with Gasteiger partial charge in [-0.3, -0.25) is 24.8 Å². The molecule has 2 aliphatic rings. The molecule has 2 fully saturated rings. The molecule has 7 rings (SSSR count). The number of piperidine rings is 2. The zero-order valence-electron chi connectivity index (χ0n) is 24.4. The van der Waals surface area contributed by atoms with E-state index in [9.17, 15) is 14.0 Å². The third kappa shape index (κ3) is 5.84. The van der Waals surface area contributed by atoms with Gasteiger partial charge in [-0.1, -0.05) is 18.2 Å². The summed E-state index contributed by atoms with van der Waals surface area (Å²) in [6.45, 7) is 2.07. The van der Waals surface area contributed by atoms with Gasteiger partial charge in [-0.15, -0.1) is 0 Å². The SMILES string of the molecule is Nc1ncnc2c1c(-c1ccc(Oc3ccccc3)cc1)nn2C1CCN(Cc2cnc(C3CCC(=O)NC3=O)c(F)c2)CC1. The summed E-state index contributed by atoms with van der Waals surface area (Å²) < 4.78 is 22.9. The molecule has 0 aliphatic carbocycles. The van der Waals surface area contributed by atoms with Gasteiger partial charge in [0.1, 0.15) is 35.2 Å². The number of likely N-dealkylation sites (tertiary alicyclic amines) is 1. The number of hydrogen-bond donors (Lipinski definition) is 2. The van der Waals surface area contributed by atoms with Crippen molar-refractivity contribution in [2.24, 2.45) is 0 Å². The summed E-state index contributed by atoms with van der Waals surface area (Å²) in [5.74, 6) is -0.263. The highest BCUT2D eigenvalue weighted by atomic mass is 19.1. The molecule has 11 nitrogen and oxygen atoms in total. The molecule has 3 N–H and O–H groups in total. The molecule has 12 heteroatoms. The van der Waals surface area contributed by atoms with Gasteiger partial charge in [0, 0.05) is 37.8 Å². The number of nitrogens with two attached hydrogens (primary N) is 1. The Morgan fingerprint density at radius 2 is 1.71 bits per heavy atom. The van der Waals surface area contributed by atoms with Gasteiger partial charge >= 0.3 is 0 Å². The Kier molecular flexibility index (Phi) is 7.64. The first-order valence-electron chi connectivity index (χ1n) is 15.0. The lowest BCUT2D eigenvalue weighted by Gasteiger charge is -2.32. The summed E-state index contributed by atoms with van der Waals surface area (Å²) in [7, 11) is 0.